The third kappa shape index (κ3) is 1.15. The highest BCUT2D eigenvalue weighted by Crippen LogP contribution is 2.21. The number of benzene rings is 1. The monoisotopic (exact) mass is 169 g/mol. The number of ketones is 1. The maximum Gasteiger partial charge on any atom is 0.184 e. The zero-order valence-corrected chi connectivity index (χ0v) is 6.90. The van der Waals surface area contributed by atoms with Gasteiger partial charge in [-0.05, 0) is 5.56 Å². The van der Waals surface area contributed by atoms with Gasteiger partial charge in [-0.1, -0.05) is 36.4 Å². The highest BCUT2D eigenvalue weighted by molar-refractivity contribution is 6.05. The van der Waals surface area contributed by atoms with E-state index in [2.05, 4.69) is 0 Å². The van der Waals surface area contributed by atoms with Crippen LogP contribution in [0.25, 0.3) is 6.08 Å². The van der Waals surface area contributed by atoms with Crippen LogP contribution in [0.3, 0.4) is 0 Å². The largest absolute Gasteiger partial charge is 0.292 e. The van der Waals surface area contributed by atoms with E-state index < -0.39 is 5.92 Å². The molecule has 1 aromatic rings. The standard InChI is InChI=1S/C11H7NO/c12-7-9-6-5-8-3-1-2-4-10(8)11(9)13/h1-6,9H. The number of carbonyl (C=O) groups excluding carboxylic acids is 1. The Kier molecular flexibility index (Phi) is 1.71. The van der Waals surface area contributed by atoms with E-state index in [0.717, 1.165) is 5.56 Å². The van der Waals surface area contributed by atoms with Crippen LogP contribution in [0.2, 0.25) is 0 Å². The Labute approximate surface area is 76.1 Å². The quantitative estimate of drug-likeness (QED) is 0.596. The van der Waals surface area contributed by atoms with Crippen LogP contribution in [0.4, 0.5) is 0 Å². The van der Waals surface area contributed by atoms with Crippen molar-refractivity contribution < 1.29 is 4.79 Å². The summed E-state index contributed by atoms with van der Waals surface area (Å²) in [6, 6.07) is 9.27. The number of Topliss-reactive ketones (excluding diaryl/α,β-unsaturated/α-hetero) is 1. The van der Waals surface area contributed by atoms with Crippen LogP contribution in [0.1, 0.15) is 15.9 Å². The first-order valence-corrected chi connectivity index (χ1v) is 4.04. The number of nitriles is 1. The zero-order chi connectivity index (χ0) is 9.26. The minimum Gasteiger partial charge on any atom is -0.292 e. The molecule has 0 N–H and O–H groups in total. The Hall–Kier alpha value is -1.88. The van der Waals surface area contributed by atoms with Gasteiger partial charge in [0, 0.05) is 5.56 Å². The Morgan fingerprint density at radius 1 is 1.31 bits per heavy atom. The summed E-state index contributed by atoms with van der Waals surface area (Å²) < 4.78 is 0. The fourth-order valence-corrected chi connectivity index (χ4v) is 1.42. The fourth-order valence-electron chi connectivity index (χ4n) is 1.42. The van der Waals surface area contributed by atoms with Crippen molar-refractivity contribution in [2.45, 2.75) is 0 Å². The topological polar surface area (TPSA) is 40.9 Å². The molecule has 1 aliphatic rings. The summed E-state index contributed by atoms with van der Waals surface area (Å²) in [7, 11) is 0. The van der Waals surface area contributed by atoms with Crippen molar-refractivity contribution in [1.29, 1.82) is 5.26 Å². The van der Waals surface area contributed by atoms with Crippen molar-refractivity contribution in [2.75, 3.05) is 0 Å². The molecule has 1 aliphatic carbocycles. The number of allylic oxidation sites excluding steroid dienone is 1. The van der Waals surface area contributed by atoms with Crippen molar-refractivity contribution in [3.63, 3.8) is 0 Å². The van der Waals surface area contributed by atoms with Gasteiger partial charge in [0.05, 0.1) is 6.07 Å². The van der Waals surface area contributed by atoms with E-state index in [4.69, 9.17) is 5.26 Å². The maximum absolute atomic E-state index is 11.6. The van der Waals surface area contributed by atoms with Gasteiger partial charge >= 0.3 is 0 Å². The molecule has 13 heavy (non-hydrogen) atoms. The average molecular weight is 169 g/mol. The smallest absolute Gasteiger partial charge is 0.184 e. The molecule has 1 aromatic carbocycles. The normalized spacial score (nSPS) is 19.3. The Morgan fingerprint density at radius 2 is 2.08 bits per heavy atom. The summed E-state index contributed by atoms with van der Waals surface area (Å²) in [4.78, 5) is 11.6. The second-order valence-corrected chi connectivity index (χ2v) is 2.92. The third-order valence-electron chi connectivity index (χ3n) is 2.12. The molecule has 0 heterocycles. The second kappa shape index (κ2) is 2.87. The van der Waals surface area contributed by atoms with Gasteiger partial charge in [0.15, 0.2) is 5.78 Å². The van der Waals surface area contributed by atoms with E-state index in [0.29, 0.717) is 5.56 Å². The van der Waals surface area contributed by atoms with Gasteiger partial charge in [0.2, 0.25) is 0 Å². The summed E-state index contributed by atoms with van der Waals surface area (Å²) in [5.41, 5.74) is 1.55. The Balaban J connectivity index is 2.56. The molecule has 0 spiro atoms. The van der Waals surface area contributed by atoms with Crippen molar-refractivity contribution >= 4 is 11.9 Å². The number of carbonyl (C=O) groups is 1. The van der Waals surface area contributed by atoms with E-state index >= 15 is 0 Å². The number of hydrogen-bond acceptors (Lipinski definition) is 2. The number of nitrogens with zero attached hydrogens (tertiary/aromatic N) is 1. The SMILES string of the molecule is N#CC1C=Cc2ccccc2C1=O. The van der Waals surface area contributed by atoms with Gasteiger partial charge in [-0.15, -0.1) is 0 Å². The first kappa shape index (κ1) is 7.75. The molecule has 0 aromatic heterocycles. The summed E-state index contributed by atoms with van der Waals surface area (Å²) in [6.07, 6.45) is 3.47. The van der Waals surface area contributed by atoms with E-state index in [9.17, 15) is 4.79 Å². The third-order valence-corrected chi connectivity index (χ3v) is 2.12. The number of fused-ring (bicyclic) bond motifs is 1. The zero-order valence-electron chi connectivity index (χ0n) is 6.90. The molecule has 62 valence electrons. The molecule has 0 radical (unpaired) electrons. The summed E-state index contributed by atoms with van der Waals surface area (Å²) in [5.74, 6) is -0.699. The molecular formula is C11H7NO. The van der Waals surface area contributed by atoms with E-state index in [-0.39, 0.29) is 5.78 Å². The second-order valence-electron chi connectivity index (χ2n) is 2.92. The van der Waals surface area contributed by atoms with Crippen molar-refractivity contribution in [3.8, 4) is 6.07 Å². The summed E-state index contributed by atoms with van der Waals surface area (Å²) in [6.45, 7) is 0. The predicted molar refractivity (Wildman–Crippen MR) is 48.9 cm³/mol. The summed E-state index contributed by atoms with van der Waals surface area (Å²) >= 11 is 0. The van der Waals surface area contributed by atoms with Crippen molar-refractivity contribution in [1.82, 2.24) is 0 Å². The molecule has 1 unspecified atom stereocenters. The molecule has 0 fully saturated rings. The van der Waals surface area contributed by atoms with E-state index in [1.165, 1.54) is 0 Å². The van der Waals surface area contributed by atoms with Gasteiger partial charge in [-0.2, -0.15) is 5.26 Å². The van der Waals surface area contributed by atoms with Crippen LogP contribution >= 0.6 is 0 Å². The van der Waals surface area contributed by atoms with Crippen LogP contribution in [0.5, 0.6) is 0 Å². The fraction of sp³-hybridized carbons (Fsp3) is 0.0909. The number of hydrogen-bond donors (Lipinski definition) is 0. The minimum atomic E-state index is -0.602. The molecule has 0 saturated heterocycles. The van der Waals surface area contributed by atoms with Crippen LogP contribution in [0.15, 0.2) is 30.3 Å². The molecule has 2 heteroatoms. The van der Waals surface area contributed by atoms with E-state index in [1.54, 1.807) is 12.1 Å². The average Bonchev–Trinajstić information content (AvgIpc) is 2.19. The van der Waals surface area contributed by atoms with Crippen molar-refractivity contribution in [3.05, 3.63) is 41.5 Å². The van der Waals surface area contributed by atoms with Crippen LogP contribution in [-0.4, -0.2) is 5.78 Å². The first-order valence-electron chi connectivity index (χ1n) is 4.04. The molecule has 0 amide bonds. The highest BCUT2D eigenvalue weighted by Gasteiger charge is 2.22. The summed E-state index contributed by atoms with van der Waals surface area (Å²) in [5, 5.41) is 8.66. The van der Waals surface area contributed by atoms with Crippen LogP contribution in [0, 0.1) is 17.2 Å². The van der Waals surface area contributed by atoms with Gasteiger partial charge in [0.1, 0.15) is 5.92 Å². The molecule has 0 saturated carbocycles. The van der Waals surface area contributed by atoms with Gasteiger partial charge in [-0.25, -0.2) is 0 Å². The minimum absolute atomic E-state index is 0.0967. The van der Waals surface area contributed by atoms with Gasteiger partial charge in [-0.3, -0.25) is 4.79 Å². The Morgan fingerprint density at radius 3 is 2.85 bits per heavy atom. The first-order chi connectivity index (χ1) is 6.33. The van der Waals surface area contributed by atoms with Crippen LogP contribution < -0.4 is 0 Å². The molecular weight excluding hydrogens is 162 g/mol. The number of rotatable bonds is 0. The predicted octanol–water partition coefficient (Wildman–Crippen LogP) is 2.04. The lowest BCUT2D eigenvalue weighted by atomic mass is 9.89. The van der Waals surface area contributed by atoms with Gasteiger partial charge < -0.3 is 0 Å². The lowest BCUT2D eigenvalue weighted by Gasteiger charge is -2.11. The lowest BCUT2D eigenvalue weighted by molar-refractivity contribution is 0.0966. The molecule has 0 aliphatic heterocycles. The molecule has 0 bridgehead atoms. The Bertz CT molecular complexity index is 426. The molecule has 2 rings (SSSR count). The molecule has 1 atom stereocenters. The molecule has 2 nitrogen and oxygen atoms in total. The maximum atomic E-state index is 11.6. The van der Waals surface area contributed by atoms with Crippen molar-refractivity contribution in [2.24, 2.45) is 5.92 Å². The lowest BCUT2D eigenvalue weighted by Crippen LogP contribution is -2.14. The highest BCUT2D eigenvalue weighted by atomic mass is 16.1. The van der Waals surface area contributed by atoms with Crippen LogP contribution in [-0.2, 0) is 0 Å². The van der Waals surface area contributed by atoms with E-state index in [1.807, 2.05) is 30.3 Å². The van der Waals surface area contributed by atoms with Gasteiger partial charge in [0.25, 0.3) is 0 Å².